The standard InChI is InChI=1S/C15H35N3O4/c1-10(19)6-15(7-11(2)20,14(5,16)17)18(8-12(3)21)9-13(4)22/h10-13,19-22H,6-9,16-17H2,1-5H3. The van der Waals surface area contributed by atoms with Gasteiger partial charge in [0.05, 0.1) is 35.6 Å². The molecule has 0 amide bonds. The topological polar surface area (TPSA) is 136 Å². The Balaban J connectivity index is 5.88. The first-order chi connectivity index (χ1) is 9.81. The summed E-state index contributed by atoms with van der Waals surface area (Å²) in [5.74, 6) is 0. The van der Waals surface area contributed by atoms with Gasteiger partial charge in [-0.15, -0.1) is 0 Å². The van der Waals surface area contributed by atoms with Gasteiger partial charge in [0.2, 0.25) is 0 Å². The van der Waals surface area contributed by atoms with Crippen molar-refractivity contribution in [1.82, 2.24) is 4.90 Å². The van der Waals surface area contributed by atoms with E-state index >= 15 is 0 Å². The fraction of sp³-hybridized carbons (Fsp3) is 1.00. The van der Waals surface area contributed by atoms with Crippen molar-refractivity contribution in [2.24, 2.45) is 11.5 Å². The summed E-state index contributed by atoms with van der Waals surface area (Å²) in [5, 5.41) is 39.5. The Morgan fingerprint density at radius 2 is 1.09 bits per heavy atom. The molecule has 4 unspecified atom stereocenters. The molecule has 0 rings (SSSR count). The minimum absolute atomic E-state index is 0.223. The number of hydrogen-bond donors (Lipinski definition) is 6. The quantitative estimate of drug-likeness (QED) is 0.283. The number of nitrogens with zero attached hydrogens (tertiary/aromatic N) is 1. The van der Waals surface area contributed by atoms with Crippen LogP contribution in [0, 0.1) is 0 Å². The highest BCUT2D eigenvalue weighted by Gasteiger charge is 2.49. The van der Waals surface area contributed by atoms with Gasteiger partial charge in [0, 0.05) is 13.1 Å². The molecule has 0 saturated heterocycles. The number of nitrogens with two attached hydrogens (primary N) is 2. The van der Waals surface area contributed by atoms with Crippen LogP contribution in [0.1, 0.15) is 47.5 Å². The Kier molecular flexibility index (Phi) is 8.43. The van der Waals surface area contributed by atoms with Crippen LogP contribution in [0.15, 0.2) is 0 Å². The van der Waals surface area contributed by atoms with Gasteiger partial charge in [0.1, 0.15) is 0 Å². The zero-order valence-electron chi connectivity index (χ0n) is 14.5. The van der Waals surface area contributed by atoms with E-state index < -0.39 is 35.6 Å². The van der Waals surface area contributed by atoms with Gasteiger partial charge in [0.25, 0.3) is 0 Å². The zero-order chi connectivity index (χ0) is 17.7. The Labute approximate surface area is 133 Å². The molecule has 0 aromatic rings. The van der Waals surface area contributed by atoms with Crippen LogP contribution in [0.2, 0.25) is 0 Å². The van der Waals surface area contributed by atoms with Gasteiger partial charge in [-0.05, 0) is 47.5 Å². The molecule has 7 nitrogen and oxygen atoms in total. The molecule has 0 saturated carbocycles. The molecule has 0 aromatic carbocycles. The first-order valence-electron chi connectivity index (χ1n) is 7.87. The van der Waals surface area contributed by atoms with Gasteiger partial charge in [0.15, 0.2) is 0 Å². The fourth-order valence-corrected chi connectivity index (χ4v) is 3.16. The van der Waals surface area contributed by atoms with E-state index in [2.05, 4.69) is 0 Å². The second-order valence-electron chi connectivity index (χ2n) is 7.02. The number of rotatable bonds is 10. The third kappa shape index (κ3) is 6.45. The lowest BCUT2D eigenvalue weighted by atomic mass is 9.75. The molecule has 134 valence electrons. The Morgan fingerprint density at radius 3 is 1.27 bits per heavy atom. The molecule has 0 spiro atoms. The zero-order valence-corrected chi connectivity index (χ0v) is 14.5. The van der Waals surface area contributed by atoms with Gasteiger partial charge in [-0.3, -0.25) is 4.90 Å². The average Bonchev–Trinajstić information content (AvgIpc) is 2.22. The maximum atomic E-state index is 9.94. The van der Waals surface area contributed by atoms with E-state index in [0.717, 1.165) is 0 Å². The van der Waals surface area contributed by atoms with E-state index in [1.54, 1.807) is 39.5 Å². The first kappa shape index (κ1) is 21.7. The minimum atomic E-state index is -1.25. The highest BCUT2D eigenvalue weighted by Crippen LogP contribution is 2.34. The van der Waals surface area contributed by atoms with Crippen LogP contribution in [0.5, 0.6) is 0 Å². The molecular formula is C15H35N3O4. The van der Waals surface area contributed by atoms with Crippen LogP contribution in [-0.4, -0.2) is 74.0 Å². The van der Waals surface area contributed by atoms with Crippen molar-refractivity contribution >= 4 is 0 Å². The molecule has 0 aliphatic carbocycles. The van der Waals surface area contributed by atoms with Crippen molar-refractivity contribution in [2.75, 3.05) is 13.1 Å². The Hall–Kier alpha value is -0.280. The van der Waals surface area contributed by atoms with Crippen LogP contribution in [-0.2, 0) is 0 Å². The summed E-state index contributed by atoms with van der Waals surface area (Å²) in [6.07, 6.45) is -2.28. The van der Waals surface area contributed by atoms with Gasteiger partial charge in [-0.25, -0.2) is 0 Å². The van der Waals surface area contributed by atoms with Gasteiger partial charge in [-0.1, -0.05) is 0 Å². The second-order valence-corrected chi connectivity index (χ2v) is 7.02. The summed E-state index contributed by atoms with van der Waals surface area (Å²) in [4.78, 5) is 1.79. The van der Waals surface area contributed by atoms with E-state index in [1.807, 2.05) is 0 Å². The van der Waals surface area contributed by atoms with E-state index in [9.17, 15) is 20.4 Å². The summed E-state index contributed by atoms with van der Waals surface area (Å²) in [7, 11) is 0. The van der Waals surface area contributed by atoms with Crippen molar-refractivity contribution in [2.45, 2.75) is 83.1 Å². The largest absolute Gasteiger partial charge is 0.393 e. The van der Waals surface area contributed by atoms with Crippen LogP contribution in [0.3, 0.4) is 0 Å². The minimum Gasteiger partial charge on any atom is -0.393 e. The second kappa shape index (κ2) is 8.54. The predicted molar refractivity (Wildman–Crippen MR) is 87.0 cm³/mol. The molecule has 0 aliphatic rings. The molecule has 22 heavy (non-hydrogen) atoms. The highest BCUT2D eigenvalue weighted by atomic mass is 16.3. The van der Waals surface area contributed by atoms with E-state index in [-0.39, 0.29) is 25.9 Å². The van der Waals surface area contributed by atoms with E-state index in [4.69, 9.17) is 11.5 Å². The summed E-state index contributed by atoms with van der Waals surface area (Å²) >= 11 is 0. The Bertz CT molecular complexity index is 294. The molecule has 0 bridgehead atoms. The van der Waals surface area contributed by atoms with Crippen LogP contribution in [0.25, 0.3) is 0 Å². The van der Waals surface area contributed by atoms with E-state index in [1.165, 1.54) is 0 Å². The average molecular weight is 321 g/mol. The lowest BCUT2D eigenvalue weighted by Gasteiger charge is -2.53. The third-order valence-electron chi connectivity index (χ3n) is 3.84. The SMILES string of the molecule is CC(O)CN(CC(C)O)C(CC(C)O)(CC(C)O)C(C)(N)N. The van der Waals surface area contributed by atoms with Crippen LogP contribution < -0.4 is 11.5 Å². The molecule has 7 heteroatoms. The van der Waals surface area contributed by atoms with Gasteiger partial charge >= 0.3 is 0 Å². The van der Waals surface area contributed by atoms with Crippen molar-refractivity contribution in [3.63, 3.8) is 0 Å². The number of aliphatic hydroxyl groups excluding tert-OH is 4. The van der Waals surface area contributed by atoms with Crippen LogP contribution in [0.4, 0.5) is 0 Å². The predicted octanol–water partition coefficient (Wildman–Crippen LogP) is -1.04. The Morgan fingerprint density at radius 1 is 0.773 bits per heavy atom. The van der Waals surface area contributed by atoms with Gasteiger partial charge in [-0.2, -0.15) is 0 Å². The molecule has 0 heterocycles. The molecule has 0 aromatic heterocycles. The molecule has 0 radical (unpaired) electrons. The maximum absolute atomic E-state index is 9.94. The fourth-order valence-electron chi connectivity index (χ4n) is 3.16. The monoisotopic (exact) mass is 321 g/mol. The maximum Gasteiger partial charge on any atom is 0.0798 e. The van der Waals surface area contributed by atoms with Crippen molar-refractivity contribution in [3.8, 4) is 0 Å². The van der Waals surface area contributed by atoms with Crippen LogP contribution >= 0.6 is 0 Å². The number of aliphatic hydroxyl groups is 4. The van der Waals surface area contributed by atoms with Crippen molar-refractivity contribution in [1.29, 1.82) is 0 Å². The molecule has 8 N–H and O–H groups in total. The number of β-amino-alcohol motifs (C(OH)–C–C–N with tert-alkyl or cyclic N) is 2. The third-order valence-corrected chi connectivity index (χ3v) is 3.84. The summed E-state index contributed by atoms with van der Waals surface area (Å²) < 4.78 is 0. The highest BCUT2D eigenvalue weighted by molar-refractivity contribution is 5.07. The summed E-state index contributed by atoms with van der Waals surface area (Å²) in [6, 6.07) is 0. The van der Waals surface area contributed by atoms with Gasteiger partial charge < -0.3 is 31.9 Å². The molecular weight excluding hydrogens is 286 g/mol. The molecule has 0 aliphatic heterocycles. The summed E-state index contributed by atoms with van der Waals surface area (Å²) in [6.45, 7) is 8.62. The van der Waals surface area contributed by atoms with Crippen molar-refractivity contribution in [3.05, 3.63) is 0 Å². The lowest BCUT2D eigenvalue weighted by Crippen LogP contribution is -2.74. The summed E-state index contributed by atoms with van der Waals surface area (Å²) in [5.41, 5.74) is 10.2. The molecule has 4 atom stereocenters. The normalized spacial score (nSPS) is 21.3. The lowest BCUT2D eigenvalue weighted by molar-refractivity contribution is -0.0732. The first-order valence-corrected chi connectivity index (χ1v) is 7.87. The van der Waals surface area contributed by atoms with E-state index in [0.29, 0.717) is 0 Å². The molecule has 0 fully saturated rings. The number of hydrogen-bond acceptors (Lipinski definition) is 7. The smallest absolute Gasteiger partial charge is 0.0798 e. The van der Waals surface area contributed by atoms with Crippen molar-refractivity contribution < 1.29 is 20.4 Å².